The maximum atomic E-state index is 14.0. The van der Waals surface area contributed by atoms with Crippen molar-refractivity contribution in [2.24, 2.45) is 0 Å². The van der Waals surface area contributed by atoms with Crippen molar-refractivity contribution in [3.63, 3.8) is 0 Å². The van der Waals surface area contributed by atoms with E-state index in [-0.39, 0.29) is 11.6 Å². The second-order valence-electron chi connectivity index (χ2n) is 6.69. The molecule has 0 spiro atoms. The molecule has 0 amide bonds. The van der Waals surface area contributed by atoms with E-state index in [1.165, 1.54) is 12.1 Å². The van der Waals surface area contributed by atoms with Gasteiger partial charge in [-0.25, -0.2) is 9.18 Å². The zero-order chi connectivity index (χ0) is 19.8. The second-order valence-corrected chi connectivity index (χ2v) is 7.89. The summed E-state index contributed by atoms with van der Waals surface area (Å²) in [7, 11) is 0. The predicted molar refractivity (Wildman–Crippen MR) is 110 cm³/mol. The van der Waals surface area contributed by atoms with E-state index in [4.69, 9.17) is 21.1 Å². The zero-order valence-electron chi connectivity index (χ0n) is 14.8. The number of carboxylic acid groups (broad SMARTS) is 1. The summed E-state index contributed by atoms with van der Waals surface area (Å²) in [5, 5.41) is 10.3. The molecule has 2 heterocycles. The molecular weight excluding hydrogens is 451 g/mol. The quantitative estimate of drug-likeness (QED) is 0.585. The van der Waals surface area contributed by atoms with Crippen LogP contribution >= 0.6 is 27.5 Å². The van der Waals surface area contributed by atoms with Gasteiger partial charge in [-0.2, -0.15) is 0 Å². The Morgan fingerprint density at radius 3 is 2.64 bits per heavy atom. The van der Waals surface area contributed by atoms with Crippen LogP contribution in [-0.2, 0) is 6.54 Å². The summed E-state index contributed by atoms with van der Waals surface area (Å²) in [6, 6.07) is 9.98. The second kappa shape index (κ2) is 7.73. The highest BCUT2D eigenvalue weighted by atomic mass is 79.9. The van der Waals surface area contributed by atoms with Crippen LogP contribution < -0.4 is 4.90 Å². The van der Waals surface area contributed by atoms with Crippen molar-refractivity contribution in [1.82, 2.24) is 4.90 Å². The van der Waals surface area contributed by atoms with Crippen molar-refractivity contribution < 1.29 is 18.7 Å². The third-order valence-electron chi connectivity index (χ3n) is 4.98. The molecule has 0 unspecified atom stereocenters. The van der Waals surface area contributed by atoms with Crippen molar-refractivity contribution in [1.29, 1.82) is 0 Å². The third-order valence-corrected chi connectivity index (χ3v) is 6.17. The monoisotopic (exact) mass is 466 g/mol. The number of fused-ring (bicyclic) bond motifs is 1. The highest BCUT2D eigenvalue weighted by Gasteiger charge is 2.22. The first-order valence-corrected chi connectivity index (χ1v) is 9.96. The number of aromatic carboxylic acids is 1. The fourth-order valence-corrected chi connectivity index (χ4v) is 4.39. The summed E-state index contributed by atoms with van der Waals surface area (Å²) >= 11 is 9.73. The maximum absolute atomic E-state index is 14.0. The molecule has 2 aromatic carbocycles. The van der Waals surface area contributed by atoms with Crippen LogP contribution in [0, 0.1) is 5.82 Å². The van der Waals surface area contributed by atoms with Crippen molar-refractivity contribution in [3.05, 3.63) is 63.0 Å². The zero-order valence-corrected chi connectivity index (χ0v) is 17.1. The Kier molecular flexibility index (Phi) is 5.31. The molecule has 1 aromatic heterocycles. The first kappa shape index (κ1) is 19.2. The molecule has 0 bridgehead atoms. The van der Waals surface area contributed by atoms with Crippen LogP contribution in [0.5, 0.6) is 0 Å². The molecule has 0 saturated carbocycles. The lowest BCUT2D eigenvalue weighted by Crippen LogP contribution is -2.46. The molecule has 1 saturated heterocycles. The minimum absolute atomic E-state index is 0.0839. The molecule has 1 N–H and O–H groups in total. The van der Waals surface area contributed by atoms with Crippen LogP contribution in [0.2, 0.25) is 5.02 Å². The molecule has 1 aliphatic heterocycles. The van der Waals surface area contributed by atoms with E-state index in [0.717, 1.165) is 41.7 Å². The summed E-state index contributed by atoms with van der Waals surface area (Å²) in [6.07, 6.45) is 0. The molecule has 4 rings (SSSR count). The molecule has 1 aliphatic rings. The van der Waals surface area contributed by atoms with Gasteiger partial charge in [0.05, 0.1) is 10.2 Å². The number of halogens is 3. The molecule has 0 atom stereocenters. The van der Waals surface area contributed by atoms with Gasteiger partial charge in [-0.05, 0) is 40.2 Å². The van der Waals surface area contributed by atoms with Gasteiger partial charge in [0.2, 0.25) is 5.76 Å². The molecule has 3 aromatic rings. The van der Waals surface area contributed by atoms with Gasteiger partial charge in [0, 0.05) is 54.8 Å². The number of carbonyl (C=O) groups is 1. The lowest BCUT2D eigenvalue weighted by atomic mass is 10.1. The summed E-state index contributed by atoms with van der Waals surface area (Å²) in [5.41, 5.74) is 2.04. The first-order chi connectivity index (χ1) is 13.4. The standard InChI is InChI=1S/C20H17BrClFN2O3/c21-19-12-10-18(20(26)27)28-17(12)5-4-16(19)25-8-6-24(7-9-25)11-13-14(22)2-1-3-15(13)23/h1-5,10H,6-9,11H2,(H,26,27). The van der Waals surface area contributed by atoms with Crippen LogP contribution in [0.15, 0.2) is 45.3 Å². The van der Waals surface area contributed by atoms with E-state index in [1.807, 2.05) is 6.07 Å². The molecule has 0 radical (unpaired) electrons. The van der Waals surface area contributed by atoms with Gasteiger partial charge >= 0.3 is 5.97 Å². The van der Waals surface area contributed by atoms with Crippen LogP contribution in [0.25, 0.3) is 11.0 Å². The molecule has 146 valence electrons. The van der Waals surface area contributed by atoms with Gasteiger partial charge in [-0.15, -0.1) is 0 Å². The van der Waals surface area contributed by atoms with Gasteiger partial charge in [-0.3, -0.25) is 4.90 Å². The number of furan rings is 1. The first-order valence-electron chi connectivity index (χ1n) is 8.79. The Bertz CT molecular complexity index is 1030. The molecular formula is C20H17BrClFN2O3. The predicted octanol–water partition coefficient (Wildman–Crippen LogP) is 5.01. The Labute approximate surface area is 174 Å². The van der Waals surface area contributed by atoms with Crippen molar-refractivity contribution in [2.45, 2.75) is 6.54 Å². The van der Waals surface area contributed by atoms with Crippen molar-refractivity contribution in [3.8, 4) is 0 Å². The van der Waals surface area contributed by atoms with Gasteiger partial charge in [0.1, 0.15) is 11.4 Å². The Morgan fingerprint density at radius 2 is 1.96 bits per heavy atom. The van der Waals surface area contributed by atoms with Crippen LogP contribution in [0.3, 0.4) is 0 Å². The maximum Gasteiger partial charge on any atom is 0.371 e. The van der Waals surface area contributed by atoms with Gasteiger partial charge in [-0.1, -0.05) is 17.7 Å². The smallest absolute Gasteiger partial charge is 0.371 e. The fraction of sp³-hybridized carbons (Fsp3) is 0.250. The summed E-state index contributed by atoms with van der Waals surface area (Å²) in [6.45, 7) is 3.53. The van der Waals surface area contributed by atoms with Crippen molar-refractivity contribution >= 4 is 50.2 Å². The number of piperazine rings is 1. The largest absolute Gasteiger partial charge is 0.475 e. The SMILES string of the molecule is O=C(O)c1cc2c(Br)c(N3CCN(Cc4c(F)cccc4Cl)CC3)ccc2o1. The Balaban J connectivity index is 1.49. The number of nitrogens with zero attached hydrogens (tertiary/aromatic N) is 2. The molecule has 1 fully saturated rings. The van der Waals surface area contributed by atoms with Crippen LogP contribution in [-0.4, -0.2) is 42.2 Å². The number of rotatable bonds is 4. The number of benzene rings is 2. The van der Waals surface area contributed by atoms with Gasteiger partial charge in [0.15, 0.2) is 0 Å². The van der Waals surface area contributed by atoms with Crippen LogP contribution in [0.4, 0.5) is 10.1 Å². The summed E-state index contributed by atoms with van der Waals surface area (Å²) in [4.78, 5) is 15.5. The highest BCUT2D eigenvalue weighted by Crippen LogP contribution is 2.36. The number of anilines is 1. The Hall–Kier alpha value is -2.09. The van der Waals surface area contributed by atoms with Crippen molar-refractivity contribution in [2.75, 3.05) is 31.1 Å². The van der Waals surface area contributed by atoms with E-state index < -0.39 is 5.97 Å². The van der Waals surface area contributed by atoms with E-state index >= 15 is 0 Å². The minimum atomic E-state index is -1.09. The molecule has 8 heteroatoms. The number of hydrogen-bond acceptors (Lipinski definition) is 4. The lowest BCUT2D eigenvalue weighted by molar-refractivity contribution is 0.0665. The van der Waals surface area contributed by atoms with E-state index in [0.29, 0.717) is 22.7 Å². The normalized spacial score (nSPS) is 15.3. The molecule has 0 aliphatic carbocycles. The average molecular weight is 468 g/mol. The summed E-state index contributed by atoms with van der Waals surface area (Å²) < 4.78 is 20.2. The van der Waals surface area contributed by atoms with Gasteiger partial charge < -0.3 is 14.4 Å². The summed E-state index contributed by atoms with van der Waals surface area (Å²) in [5.74, 6) is -1.46. The minimum Gasteiger partial charge on any atom is -0.475 e. The molecule has 5 nitrogen and oxygen atoms in total. The van der Waals surface area contributed by atoms with Crippen LogP contribution in [0.1, 0.15) is 16.1 Å². The fourth-order valence-electron chi connectivity index (χ4n) is 3.47. The van der Waals surface area contributed by atoms with Gasteiger partial charge in [0.25, 0.3) is 0 Å². The highest BCUT2D eigenvalue weighted by molar-refractivity contribution is 9.10. The Morgan fingerprint density at radius 1 is 1.21 bits per heavy atom. The topological polar surface area (TPSA) is 56.9 Å². The average Bonchev–Trinajstić information content (AvgIpc) is 3.12. The molecule has 28 heavy (non-hydrogen) atoms. The number of hydrogen-bond donors (Lipinski definition) is 1. The third kappa shape index (κ3) is 3.62. The lowest BCUT2D eigenvalue weighted by Gasteiger charge is -2.36. The number of carboxylic acids is 1. The van der Waals surface area contributed by atoms with E-state index in [1.54, 1.807) is 18.2 Å². The van der Waals surface area contributed by atoms with E-state index in [9.17, 15) is 9.18 Å². The van der Waals surface area contributed by atoms with E-state index in [2.05, 4.69) is 25.7 Å².